The molecule has 1 unspecified atom stereocenters. The van der Waals surface area contributed by atoms with E-state index in [-0.39, 0.29) is 0 Å². The number of hydrogen-bond donors (Lipinski definition) is 0. The quantitative estimate of drug-likeness (QED) is 0.539. The normalized spacial score (nSPS) is 28.0. The summed E-state index contributed by atoms with van der Waals surface area (Å²) in [5.74, 6) is 3.64. The van der Waals surface area contributed by atoms with E-state index in [2.05, 4.69) is 20.6 Å². The first kappa shape index (κ1) is 15.6. The number of rotatable bonds is 8. The molecular weight excluding hydrogens is 302 g/mol. The van der Waals surface area contributed by atoms with Crippen molar-refractivity contribution in [3.8, 4) is 5.88 Å². The monoisotopic (exact) mass is 327 g/mol. The average molecular weight is 328 g/mol. The van der Waals surface area contributed by atoms with Crippen LogP contribution in [0.4, 0.5) is 0 Å². The zero-order valence-electron chi connectivity index (χ0n) is 12.8. The van der Waals surface area contributed by atoms with Crippen molar-refractivity contribution in [2.24, 2.45) is 11.8 Å². The molecular formula is C15H25N3OS2. The molecule has 0 saturated carbocycles. The summed E-state index contributed by atoms with van der Waals surface area (Å²) in [5.41, 5.74) is 0. The SMILES string of the molecule is CCCCSc1nsnc1OCCC1CN2CCC1CC2. The summed E-state index contributed by atoms with van der Waals surface area (Å²) in [4.78, 5) is 2.61. The zero-order chi connectivity index (χ0) is 14.5. The lowest BCUT2D eigenvalue weighted by molar-refractivity contribution is 0.0392. The van der Waals surface area contributed by atoms with Gasteiger partial charge in [0, 0.05) is 6.54 Å². The third kappa shape index (κ3) is 4.11. The summed E-state index contributed by atoms with van der Waals surface area (Å²) >= 11 is 3.05. The van der Waals surface area contributed by atoms with Crippen LogP contribution in [-0.4, -0.2) is 45.6 Å². The lowest BCUT2D eigenvalue weighted by Crippen LogP contribution is -2.47. The Bertz CT molecular complexity index is 432. The minimum atomic E-state index is 0.766. The molecule has 0 aromatic carbocycles. The molecule has 4 heterocycles. The van der Waals surface area contributed by atoms with Crippen LogP contribution in [0.15, 0.2) is 5.03 Å². The van der Waals surface area contributed by atoms with Gasteiger partial charge < -0.3 is 9.64 Å². The van der Waals surface area contributed by atoms with Gasteiger partial charge >= 0.3 is 0 Å². The molecule has 0 aliphatic carbocycles. The van der Waals surface area contributed by atoms with E-state index in [0.29, 0.717) is 0 Å². The van der Waals surface area contributed by atoms with Crippen molar-refractivity contribution < 1.29 is 4.74 Å². The summed E-state index contributed by atoms with van der Waals surface area (Å²) in [6.07, 6.45) is 6.39. The van der Waals surface area contributed by atoms with Gasteiger partial charge in [-0.1, -0.05) is 25.1 Å². The largest absolute Gasteiger partial charge is 0.475 e. The van der Waals surface area contributed by atoms with E-state index in [1.54, 1.807) is 11.8 Å². The van der Waals surface area contributed by atoms with Crippen molar-refractivity contribution in [2.45, 2.75) is 44.1 Å². The molecule has 21 heavy (non-hydrogen) atoms. The third-order valence-corrected chi connectivity index (χ3v) is 6.35. The molecule has 1 atom stereocenters. The molecule has 3 aliphatic heterocycles. The average Bonchev–Trinajstić information content (AvgIpc) is 2.96. The van der Waals surface area contributed by atoms with Crippen LogP contribution in [0.2, 0.25) is 0 Å². The molecule has 4 rings (SSSR count). The first-order valence-corrected chi connectivity index (χ1v) is 9.89. The molecule has 0 N–H and O–H groups in total. The minimum Gasteiger partial charge on any atom is -0.475 e. The number of nitrogens with zero attached hydrogens (tertiary/aromatic N) is 3. The fourth-order valence-electron chi connectivity index (χ4n) is 3.38. The summed E-state index contributed by atoms with van der Waals surface area (Å²) in [6, 6.07) is 0. The molecule has 3 aliphatic rings. The number of aromatic nitrogens is 2. The molecule has 6 heteroatoms. The number of piperidine rings is 3. The lowest BCUT2D eigenvalue weighted by atomic mass is 9.78. The van der Waals surface area contributed by atoms with E-state index in [9.17, 15) is 0 Å². The van der Waals surface area contributed by atoms with Gasteiger partial charge in [0.15, 0.2) is 5.03 Å². The second-order valence-corrected chi connectivity index (χ2v) is 7.72. The molecule has 118 valence electrons. The van der Waals surface area contributed by atoms with Crippen molar-refractivity contribution in [2.75, 3.05) is 32.0 Å². The Morgan fingerprint density at radius 1 is 1.33 bits per heavy atom. The van der Waals surface area contributed by atoms with E-state index in [0.717, 1.165) is 41.5 Å². The molecule has 3 saturated heterocycles. The summed E-state index contributed by atoms with van der Waals surface area (Å²) in [5, 5.41) is 0.988. The molecule has 0 radical (unpaired) electrons. The van der Waals surface area contributed by atoms with Gasteiger partial charge in [-0.25, -0.2) is 0 Å². The van der Waals surface area contributed by atoms with Crippen molar-refractivity contribution in [3.63, 3.8) is 0 Å². The van der Waals surface area contributed by atoms with E-state index < -0.39 is 0 Å². The first-order chi connectivity index (χ1) is 10.4. The predicted octanol–water partition coefficient (Wildman–Crippen LogP) is 3.54. The molecule has 1 aromatic rings. The van der Waals surface area contributed by atoms with Gasteiger partial charge in [-0.3, -0.25) is 0 Å². The van der Waals surface area contributed by atoms with E-state index in [4.69, 9.17) is 4.74 Å². The van der Waals surface area contributed by atoms with Gasteiger partial charge in [0.2, 0.25) is 0 Å². The summed E-state index contributed by atoms with van der Waals surface area (Å²) < 4.78 is 14.6. The smallest absolute Gasteiger partial charge is 0.260 e. The maximum Gasteiger partial charge on any atom is 0.260 e. The van der Waals surface area contributed by atoms with Crippen LogP contribution < -0.4 is 4.74 Å². The fraction of sp³-hybridized carbons (Fsp3) is 0.867. The number of thioether (sulfide) groups is 1. The first-order valence-electron chi connectivity index (χ1n) is 8.17. The summed E-state index contributed by atoms with van der Waals surface area (Å²) in [6.45, 7) is 6.92. The van der Waals surface area contributed by atoms with Crippen LogP contribution in [0.1, 0.15) is 39.0 Å². The molecule has 0 spiro atoms. The Morgan fingerprint density at radius 2 is 2.19 bits per heavy atom. The number of hydrogen-bond acceptors (Lipinski definition) is 6. The zero-order valence-corrected chi connectivity index (χ0v) is 14.4. The third-order valence-electron chi connectivity index (χ3n) is 4.69. The van der Waals surface area contributed by atoms with Crippen LogP contribution in [0.3, 0.4) is 0 Å². The second kappa shape index (κ2) is 7.79. The van der Waals surface area contributed by atoms with Crippen molar-refractivity contribution in [1.82, 2.24) is 13.6 Å². The highest BCUT2D eigenvalue weighted by molar-refractivity contribution is 7.99. The Balaban J connectivity index is 1.42. The van der Waals surface area contributed by atoms with E-state index in [1.807, 2.05) is 0 Å². The minimum absolute atomic E-state index is 0.766. The fourth-order valence-corrected chi connectivity index (χ4v) is 5.01. The number of fused-ring (bicyclic) bond motifs is 3. The van der Waals surface area contributed by atoms with Gasteiger partial charge in [-0.05, 0) is 56.4 Å². The van der Waals surface area contributed by atoms with Gasteiger partial charge in [0.25, 0.3) is 5.88 Å². The van der Waals surface area contributed by atoms with Crippen LogP contribution in [0.5, 0.6) is 5.88 Å². The highest BCUT2D eigenvalue weighted by atomic mass is 32.2. The van der Waals surface area contributed by atoms with E-state index >= 15 is 0 Å². The van der Waals surface area contributed by atoms with Gasteiger partial charge in [0.05, 0.1) is 18.3 Å². The van der Waals surface area contributed by atoms with Gasteiger partial charge in [0.1, 0.15) is 0 Å². The predicted molar refractivity (Wildman–Crippen MR) is 88.3 cm³/mol. The molecule has 3 fully saturated rings. The van der Waals surface area contributed by atoms with Crippen molar-refractivity contribution in [3.05, 3.63) is 0 Å². The van der Waals surface area contributed by atoms with Crippen LogP contribution in [-0.2, 0) is 0 Å². The van der Waals surface area contributed by atoms with Crippen LogP contribution >= 0.6 is 23.5 Å². The van der Waals surface area contributed by atoms with Gasteiger partial charge in [-0.2, -0.15) is 4.37 Å². The highest BCUT2D eigenvalue weighted by Crippen LogP contribution is 2.34. The van der Waals surface area contributed by atoms with Crippen LogP contribution in [0.25, 0.3) is 0 Å². The lowest BCUT2D eigenvalue weighted by Gasteiger charge is -2.44. The molecule has 2 bridgehead atoms. The maximum absolute atomic E-state index is 5.92. The molecule has 0 amide bonds. The van der Waals surface area contributed by atoms with Crippen LogP contribution in [0, 0.1) is 11.8 Å². The standard InChI is InChI=1S/C15H25N3OS2/c1-2-3-10-20-15-14(16-21-17-15)19-9-6-13-11-18-7-4-12(13)5-8-18/h12-13H,2-11H2,1H3. The maximum atomic E-state index is 5.92. The number of unbranched alkanes of at least 4 members (excludes halogenated alkanes) is 1. The number of ether oxygens (including phenoxy) is 1. The Labute approximate surface area is 136 Å². The second-order valence-electron chi connectivity index (χ2n) is 6.11. The Hall–Kier alpha value is -0.330. The van der Waals surface area contributed by atoms with Crippen molar-refractivity contribution >= 4 is 23.5 Å². The Morgan fingerprint density at radius 3 is 2.90 bits per heavy atom. The van der Waals surface area contributed by atoms with E-state index in [1.165, 1.54) is 57.0 Å². The Kier molecular flexibility index (Phi) is 5.77. The molecule has 1 aromatic heterocycles. The highest BCUT2D eigenvalue weighted by Gasteiger charge is 2.33. The van der Waals surface area contributed by atoms with Crippen molar-refractivity contribution in [1.29, 1.82) is 0 Å². The topological polar surface area (TPSA) is 38.3 Å². The summed E-state index contributed by atoms with van der Waals surface area (Å²) in [7, 11) is 0. The van der Waals surface area contributed by atoms with Gasteiger partial charge in [-0.15, -0.1) is 4.37 Å². The molecule has 4 nitrogen and oxygen atoms in total.